The molecule has 0 atom stereocenters. The van der Waals surface area contributed by atoms with Crippen LogP contribution in [0, 0.1) is 0 Å². The summed E-state index contributed by atoms with van der Waals surface area (Å²) in [5.41, 5.74) is 1.17. The van der Waals surface area contributed by atoms with E-state index in [0.717, 1.165) is 16.5 Å². The van der Waals surface area contributed by atoms with Crippen LogP contribution in [0.1, 0.15) is 12.8 Å². The van der Waals surface area contributed by atoms with Crippen LogP contribution in [0.15, 0.2) is 82.2 Å². The molecule has 2 aromatic heterocycles. The Morgan fingerprint density at radius 3 is 2.71 bits per heavy atom. The smallest absolute Gasteiger partial charge is 0.266 e. The van der Waals surface area contributed by atoms with Crippen molar-refractivity contribution in [3.05, 3.63) is 83.3 Å². The average Bonchev–Trinajstić information content (AvgIpc) is 3.24. The lowest BCUT2D eigenvalue weighted by Gasteiger charge is -2.09. The Hall–Kier alpha value is -3.67. The zero-order valence-corrected chi connectivity index (χ0v) is 15.2. The van der Waals surface area contributed by atoms with Crippen LogP contribution in [0.2, 0.25) is 0 Å². The first-order valence-corrected chi connectivity index (χ1v) is 9.10. The highest BCUT2D eigenvalue weighted by atomic mass is 16.3. The first-order valence-electron chi connectivity index (χ1n) is 9.10. The van der Waals surface area contributed by atoms with Crippen molar-refractivity contribution in [2.24, 2.45) is 0 Å². The SMILES string of the molecule is O=C(CCCn1nc(-c2ccco2)ccc1=O)Nc1cccc2ccccc12. The van der Waals surface area contributed by atoms with Gasteiger partial charge in [-0.05, 0) is 36.1 Å². The molecule has 1 N–H and O–H groups in total. The van der Waals surface area contributed by atoms with Crippen molar-refractivity contribution in [3.63, 3.8) is 0 Å². The first kappa shape index (κ1) is 17.7. The van der Waals surface area contributed by atoms with Crippen molar-refractivity contribution < 1.29 is 9.21 Å². The molecule has 0 bridgehead atoms. The Kier molecular flexibility index (Phi) is 5.01. The molecule has 6 heteroatoms. The van der Waals surface area contributed by atoms with E-state index in [4.69, 9.17) is 4.42 Å². The lowest BCUT2D eigenvalue weighted by atomic mass is 10.1. The van der Waals surface area contributed by atoms with Gasteiger partial charge in [-0.2, -0.15) is 5.10 Å². The van der Waals surface area contributed by atoms with E-state index in [9.17, 15) is 9.59 Å². The average molecular weight is 373 g/mol. The van der Waals surface area contributed by atoms with Crippen molar-refractivity contribution in [1.82, 2.24) is 9.78 Å². The highest BCUT2D eigenvalue weighted by Crippen LogP contribution is 2.23. The number of hydrogen-bond donors (Lipinski definition) is 1. The minimum Gasteiger partial charge on any atom is -0.463 e. The Morgan fingerprint density at radius 2 is 1.86 bits per heavy atom. The molecule has 0 spiro atoms. The third kappa shape index (κ3) is 3.86. The Balaban J connectivity index is 1.39. The van der Waals surface area contributed by atoms with Gasteiger partial charge in [-0.15, -0.1) is 0 Å². The molecule has 6 nitrogen and oxygen atoms in total. The Bertz CT molecular complexity index is 1160. The van der Waals surface area contributed by atoms with Crippen LogP contribution in [0.4, 0.5) is 5.69 Å². The number of aryl methyl sites for hydroxylation is 1. The van der Waals surface area contributed by atoms with Crippen LogP contribution in [0.3, 0.4) is 0 Å². The third-order valence-corrected chi connectivity index (χ3v) is 4.48. The number of carbonyl (C=O) groups excluding carboxylic acids is 1. The van der Waals surface area contributed by atoms with Gasteiger partial charge >= 0.3 is 0 Å². The second kappa shape index (κ2) is 7.92. The number of aromatic nitrogens is 2. The summed E-state index contributed by atoms with van der Waals surface area (Å²) >= 11 is 0. The van der Waals surface area contributed by atoms with Gasteiger partial charge in [-0.25, -0.2) is 4.68 Å². The molecule has 4 aromatic rings. The third-order valence-electron chi connectivity index (χ3n) is 4.48. The summed E-state index contributed by atoms with van der Waals surface area (Å²) < 4.78 is 6.68. The summed E-state index contributed by atoms with van der Waals surface area (Å²) in [7, 11) is 0. The van der Waals surface area contributed by atoms with Crippen LogP contribution < -0.4 is 10.9 Å². The van der Waals surface area contributed by atoms with Crippen molar-refractivity contribution in [1.29, 1.82) is 0 Å². The number of hydrogen-bond acceptors (Lipinski definition) is 4. The molecule has 2 aromatic carbocycles. The first-order chi connectivity index (χ1) is 13.7. The fraction of sp³-hybridized carbons (Fsp3) is 0.136. The van der Waals surface area contributed by atoms with Crippen molar-refractivity contribution in [2.75, 3.05) is 5.32 Å². The van der Waals surface area contributed by atoms with E-state index in [1.807, 2.05) is 42.5 Å². The minimum atomic E-state index is -0.204. The van der Waals surface area contributed by atoms with Gasteiger partial charge in [0.25, 0.3) is 5.56 Å². The van der Waals surface area contributed by atoms with Gasteiger partial charge < -0.3 is 9.73 Å². The zero-order valence-electron chi connectivity index (χ0n) is 15.2. The molecule has 4 rings (SSSR count). The fourth-order valence-electron chi connectivity index (χ4n) is 3.10. The number of furan rings is 1. The maximum atomic E-state index is 12.4. The van der Waals surface area contributed by atoms with E-state index < -0.39 is 0 Å². The Morgan fingerprint density at radius 1 is 1.00 bits per heavy atom. The highest BCUT2D eigenvalue weighted by molar-refractivity contribution is 6.02. The van der Waals surface area contributed by atoms with Gasteiger partial charge in [0.1, 0.15) is 5.69 Å². The van der Waals surface area contributed by atoms with E-state index in [2.05, 4.69) is 10.4 Å². The summed E-state index contributed by atoms with van der Waals surface area (Å²) in [6, 6.07) is 20.4. The maximum Gasteiger partial charge on any atom is 0.266 e. The van der Waals surface area contributed by atoms with Gasteiger partial charge in [0, 0.05) is 30.1 Å². The summed E-state index contributed by atoms with van der Waals surface area (Å²) in [6.45, 7) is 0.357. The number of rotatable bonds is 6. The number of anilines is 1. The van der Waals surface area contributed by atoms with E-state index in [0.29, 0.717) is 30.8 Å². The van der Waals surface area contributed by atoms with Gasteiger partial charge in [0.15, 0.2) is 5.76 Å². The van der Waals surface area contributed by atoms with Gasteiger partial charge in [-0.3, -0.25) is 9.59 Å². The normalized spacial score (nSPS) is 10.9. The molecule has 140 valence electrons. The molecule has 0 aliphatic rings. The molecule has 0 aliphatic carbocycles. The van der Waals surface area contributed by atoms with E-state index in [-0.39, 0.29) is 11.5 Å². The van der Waals surface area contributed by atoms with E-state index in [1.54, 1.807) is 24.5 Å². The summed E-state index contributed by atoms with van der Waals surface area (Å²) in [4.78, 5) is 24.4. The molecular weight excluding hydrogens is 354 g/mol. The fourth-order valence-corrected chi connectivity index (χ4v) is 3.10. The molecular formula is C22H19N3O3. The molecule has 2 heterocycles. The molecule has 1 amide bonds. The van der Waals surface area contributed by atoms with Crippen molar-refractivity contribution in [2.45, 2.75) is 19.4 Å². The molecule has 0 radical (unpaired) electrons. The lowest BCUT2D eigenvalue weighted by molar-refractivity contribution is -0.116. The van der Waals surface area contributed by atoms with E-state index >= 15 is 0 Å². The Labute approximate surface area is 161 Å². The van der Waals surface area contributed by atoms with Crippen molar-refractivity contribution >= 4 is 22.4 Å². The summed E-state index contributed by atoms with van der Waals surface area (Å²) in [5, 5.41) is 9.35. The number of nitrogens with one attached hydrogen (secondary N) is 1. The topological polar surface area (TPSA) is 77.1 Å². The lowest BCUT2D eigenvalue weighted by Crippen LogP contribution is -2.23. The maximum absolute atomic E-state index is 12.4. The number of benzene rings is 2. The highest BCUT2D eigenvalue weighted by Gasteiger charge is 2.08. The monoisotopic (exact) mass is 373 g/mol. The molecule has 0 aliphatic heterocycles. The molecule has 0 saturated carbocycles. The van der Waals surface area contributed by atoms with Crippen LogP contribution in [-0.4, -0.2) is 15.7 Å². The number of nitrogens with zero attached hydrogens (tertiary/aromatic N) is 2. The van der Waals surface area contributed by atoms with Gasteiger partial charge in [0.2, 0.25) is 5.91 Å². The predicted octanol–water partition coefficient (Wildman–Crippen LogP) is 4.08. The largest absolute Gasteiger partial charge is 0.463 e. The number of fused-ring (bicyclic) bond motifs is 1. The number of amides is 1. The van der Waals surface area contributed by atoms with Crippen LogP contribution in [-0.2, 0) is 11.3 Å². The second-order valence-electron chi connectivity index (χ2n) is 6.44. The second-order valence-corrected chi connectivity index (χ2v) is 6.44. The summed E-state index contributed by atoms with van der Waals surface area (Å²) in [5.74, 6) is 0.508. The van der Waals surface area contributed by atoms with Gasteiger partial charge in [-0.1, -0.05) is 36.4 Å². The molecule has 0 saturated heterocycles. The zero-order chi connectivity index (χ0) is 19.3. The quantitative estimate of drug-likeness (QED) is 0.553. The number of carbonyl (C=O) groups is 1. The van der Waals surface area contributed by atoms with Gasteiger partial charge in [0.05, 0.1) is 6.26 Å². The molecule has 0 unspecified atom stereocenters. The minimum absolute atomic E-state index is 0.0911. The molecule has 28 heavy (non-hydrogen) atoms. The van der Waals surface area contributed by atoms with Crippen LogP contribution >= 0.6 is 0 Å². The molecule has 0 fully saturated rings. The van der Waals surface area contributed by atoms with Crippen LogP contribution in [0.5, 0.6) is 0 Å². The predicted molar refractivity (Wildman–Crippen MR) is 108 cm³/mol. The van der Waals surface area contributed by atoms with Crippen molar-refractivity contribution in [3.8, 4) is 11.5 Å². The van der Waals surface area contributed by atoms with Crippen LogP contribution in [0.25, 0.3) is 22.2 Å². The van der Waals surface area contributed by atoms with E-state index in [1.165, 1.54) is 10.7 Å². The standard InChI is InChI=1S/C22H19N3O3/c26-21(23-18-9-3-7-16-6-1-2-8-17(16)18)11-4-14-25-22(27)13-12-19(24-25)20-10-5-15-28-20/h1-3,5-10,12-13,15H,4,11,14H2,(H,23,26). The summed E-state index contributed by atoms with van der Waals surface area (Å²) in [6.07, 6.45) is 2.36.